The van der Waals surface area contributed by atoms with E-state index in [-0.39, 0.29) is 31.4 Å². The van der Waals surface area contributed by atoms with Gasteiger partial charge in [-0.3, -0.25) is 9.78 Å². The second kappa shape index (κ2) is 11.1. The molecule has 4 rings (SSSR count). The quantitative estimate of drug-likeness (QED) is 0.395. The summed E-state index contributed by atoms with van der Waals surface area (Å²) in [6, 6.07) is 15.2. The zero-order valence-electron chi connectivity index (χ0n) is 19.3. The second-order valence-electron chi connectivity index (χ2n) is 8.51. The lowest BCUT2D eigenvalue weighted by Crippen LogP contribution is -2.44. The predicted octanol–water partition coefficient (Wildman–Crippen LogP) is 3.82. The molecule has 2 amide bonds. The molecule has 3 N–H and O–H groups in total. The van der Waals surface area contributed by atoms with Gasteiger partial charge < -0.3 is 20.5 Å². The number of fused-ring (bicyclic) bond motifs is 3. The number of rotatable bonds is 10. The number of carbonyl (C=O) groups excluding carboxylic acids is 2. The number of nitrogens with one attached hydrogen (secondary N) is 2. The SMILES string of the molecule is CC(CCNC(=O)OCC1c2ccccc2-c2ccccc21)C(=O)NC(Cc1cncs1)C(=O)O. The number of carboxylic acids is 1. The summed E-state index contributed by atoms with van der Waals surface area (Å²) >= 11 is 1.34. The molecule has 2 unspecified atom stereocenters. The number of nitrogens with zero attached hydrogens (tertiary/aromatic N) is 1. The van der Waals surface area contributed by atoms with Crippen LogP contribution in [0.5, 0.6) is 0 Å². The summed E-state index contributed by atoms with van der Waals surface area (Å²) in [5, 5.41) is 14.7. The molecule has 35 heavy (non-hydrogen) atoms. The smallest absolute Gasteiger partial charge is 0.407 e. The molecule has 1 aliphatic rings. The third-order valence-electron chi connectivity index (χ3n) is 6.14. The fraction of sp³-hybridized carbons (Fsp3) is 0.308. The zero-order valence-corrected chi connectivity index (χ0v) is 20.1. The Balaban J connectivity index is 1.23. The van der Waals surface area contributed by atoms with Gasteiger partial charge in [-0.15, -0.1) is 11.3 Å². The number of hydrogen-bond donors (Lipinski definition) is 3. The molecule has 1 aromatic heterocycles. The van der Waals surface area contributed by atoms with E-state index >= 15 is 0 Å². The standard InChI is InChI=1S/C26H27N3O5S/c1-16(24(30)29-23(25(31)32)12-17-13-27-15-35-17)10-11-28-26(33)34-14-22-20-8-4-2-6-18(20)19-7-3-5-9-21(19)22/h2-9,13,15-16,22-23H,10-12,14H2,1H3,(H,28,33)(H,29,30)(H,31,32). The first-order valence-corrected chi connectivity index (χ1v) is 12.3. The minimum atomic E-state index is -1.10. The molecule has 8 nitrogen and oxygen atoms in total. The number of carbonyl (C=O) groups is 3. The highest BCUT2D eigenvalue weighted by molar-refractivity contribution is 7.09. The van der Waals surface area contributed by atoms with E-state index in [9.17, 15) is 19.5 Å². The van der Waals surface area contributed by atoms with Crippen molar-refractivity contribution in [3.8, 4) is 11.1 Å². The molecule has 182 valence electrons. The van der Waals surface area contributed by atoms with Crippen molar-refractivity contribution < 1.29 is 24.2 Å². The Bertz CT molecular complexity index is 1150. The highest BCUT2D eigenvalue weighted by Crippen LogP contribution is 2.44. The Morgan fingerprint density at radius 2 is 1.74 bits per heavy atom. The van der Waals surface area contributed by atoms with Crippen molar-refractivity contribution in [2.24, 2.45) is 5.92 Å². The molecule has 0 aliphatic heterocycles. The van der Waals surface area contributed by atoms with Crippen LogP contribution in [0.15, 0.2) is 60.2 Å². The normalized spacial score (nSPS) is 13.9. The first-order valence-electron chi connectivity index (χ1n) is 11.4. The average Bonchev–Trinajstić information content (AvgIpc) is 3.48. The molecule has 2 atom stereocenters. The van der Waals surface area contributed by atoms with Gasteiger partial charge in [0.2, 0.25) is 5.91 Å². The molecular weight excluding hydrogens is 466 g/mol. The minimum Gasteiger partial charge on any atom is -0.480 e. The highest BCUT2D eigenvalue weighted by Gasteiger charge is 2.29. The van der Waals surface area contributed by atoms with Gasteiger partial charge in [-0.2, -0.15) is 0 Å². The van der Waals surface area contributed by atoms with Crippen LogP contribution in [0.3, 0.4) is 0 Å². The van der Waals surface area contributed by atoms with Crippen LogP contribution in [-0.2, 0) is 20.7 Å². The van der Waals surface area contributed by atoms with Gasteiger partial charge in [0.15, 0.2) is 0 Å². The molecule has 0 radical (unpaired) electrons. The van der Waals surface area contributed by atoms with E-state index in [2.05, 4.69) is 39.9 Å². The molecule has 3 aromatic rings. The fourth-order valence-electron chi connectivity index (χ4n) is 4.23. The van der Waals surface area contributed by atoms with Crippen molar-refractivity contribution in [1.82, 2.24) is 15.6 Å². The Labute approximate surface area is 207 Å². The van der Waals surface area contributed by atoms with Crippen LogP contribution in [0.25, 0.3) is 11.1 Å². The van der Waals surface area contributed by atoms with Crippen LogP contribution in [0.4, 0.5) is 4.79 Å². The predicted molar refractivity (Wildman–Crippen MR) is 132 cm³/mol. The minimum absolute atomic E-state index is 0.0238. The lowest BCUT2D eigenvalue weighted by molar-refractivity contribution is -0.142. The van der Waals surface area contributed by atoms with Gasteiger partial charge in [-0.25, -0.2) is 9.59 Å². The van der Waals surface area contributed by atoms with E-state index in [1.54, 1.807) is 18.6 Å². The Hall–Kier alpha value is -3.72. The van der Waals surface area contributed by atoms with Crippen molar-refractivity contribution in [3.63, 3.8) is 0 Å². The summed E-state index contributed by atoms with van der Waals surface area (Å²) in [5.41, 5.74) is 6.21. The maximum Gasteiger partial charge on any atom is 0.407 e. The van der Waals surface area contributed by atoms with Crippen LogP contribution in [0, 0.1) is 5.92 Å². The molecule has 9 heteroatoms. The highest BCUT2D eigenvalue weighted by atomic mass is 32.1. The molecule has 2 aromatic carbocycles. The largest absolute Gasteiger partial charge is 0.480 e. The van der Waals surface area contributed by atoms with Gasteiger partial charge in [0.05, 0.1) is 5.51 Å². The van der Waals surface area contributed by atoms with E-state index in [0.717, 1.165) is 27.1 Å². The maximum absolute atomic E-state index is 12.5. The molecule has 0 saturated heterocycles. The molecule has 0 spiro atoms. The third-order valence-corrected chi connectivity index (χ3v) is 6.94. The molecule has 0 saturated carbocycles. The van der Waals surface area contributed by atoms with Crippen molar-refractivity contribution in [1.29, 1.82) is 0 Å². The number of carboxylic acid groups (broad SMARTS) is 1. The molecular formula is C26H27N3O5S. The maximum atomic E-state index is 12.5. The molecule has 1 heterocycles. The number of ether oxygens (including phenoxy) is 1. The van der Waals surface area contributed by atoms with Gasteiger partial charge in [-0.1, -0.05) is 55.5 Å². The first-order chi connectivity index (χ1) is 16.9. The lowest BCUT2D eigenvalue weighted by Gasteiger charge is -2.18. The zero-order chi connectivity index (χ0) is 24.8. The number of alkyl carbamates (subject to hydrolysis) is 1. The van der Waals surface area contributed by atoms with E-state index in [1.807, 2.05) is 24.3 Å². The van der Waals surface area contributed by atoms with Gasteiger partial charge in [0.25, 0.3) is 0 Å². The fourth-order valence-corrected chi connectivity index (χ4v) is 4.87. The van der Waals surface area contributed by atoms with Crippen molar-refractivity contribution in [2.45, 2.75) is 31.7 Å². The Morgan fingerprint density at radius 1 is 1.09 bits per heavy atom. The number of amides is 2. The number of thiazole rings is 1. The van der Waals surface area contributed by atoms with E-state index in [0.29, 0.717) is 6.42 Å². The average molecular weight is 494 g/mol. The first kappa shape index (κ1) is 24.4. The van der Waals surface area contributed by atoms with E-state index in [4.69, 9.17) is 4.74 Å². The van der Waals surface area contributed by atoms with Gasteiger partial charge in [-0.05, 0) is 28.7 Å². The summed E-state index contributed by atoms with van der Waals surface area (Å²) < 4.78 is 5.50. The van der Waals surface area contributed by atoms with Gasteiger partial charge in [0.1, 0.15) is 12.6 Å². The van der Waals surface area contributed by atoms with Crippen LogP contribution >= 0.6 is 11.3 Å². The second-order valence-corrected chi connectivity index (χ2v) is 9.48. The van der Waals surface area contributed by atoms with E-state index < -0.39 is 24.0 Å². The topological polar surface area (TPSA) is 118 Å². The summed E-state index contributed by atoms with van der Waals surface area (Å²) in [4.78, 5) is 41.0. The third kappa shape index (κ3) is 5.86. The summed E-state index contributed by atoms with van der Waals surface area (Å²) in [7, 11) is 0. The Kier molecular flexibility index (Phi) is 7.77. The number of benzene rings is 2. The summed E-state index contributed by atoms with van der Waals surface area (Å²) in [6.45, 7) is 2.14. The van der Waals surface area contributed by atoms with Crippen molar-refractivity contribution >= 4 is 29.3 Å². The van der Waals surface area contributed by atoms with Crippen LogP contribution in [-0.4, -0.2) is 47.3 Å². The van der Waals surface area contributed by atoms with Crippen LogP contribution in [0.1, 0.15) is 35.3 Å². The monoisotopic (exact) mass is 493 g/mol. The van der Waals surface area contributed by atoms with Gasteiger partial charge >= 0.3 is 12.1 Å². The molecule has 1 aliphatic carbocycles. The number of aromatic nitrogens is 1. The molecule has 0 fully saturated rings. The van der Waals surface area contributed by atoms with Crippen molar-refractivity contribution in [3.05, 3.63) is 76.2 Å². The summed E-state index contributed by atoms with van der Waals surface area (Å²) in [5.74, 6) is -1.98. The van der Waals surface area contributed by atoms with Crippen molar-refractivity contribution in [2.75, 3.05) is 13.2 Å². The van der Waals surface area contributed by atoms with Gasteiger partial charge in [0, 0.05) is 35.9 Å². The lowest BCUT2D eigenvalue weighted by atomic mass is 9.98. The number of aliphatic carboxylic acids is 1. The molecule has 0 bridgehead atoms. The van der Waals surface area contributed by atoms with E-state index in [1.165, 1.54) is 11.3 Å². The van der Waals surface area contributed by atoms with Crippen LogP contribution < -0.4 is 10.6 Å². The summed E-state index contributed by atoms with van der Waals surface area (Å²) in [6.07, 6.45) is 1.57. The number of hydrogen-bond acceptors (Lipinski definition) is 6. The van der Waals surface area contributed by atoms with Crippen LogP contribution in [0.2, 0.25) is 0 Å². The Morgan fingerprint density at radius 3 is 2.34 bits per heavy atom.